The highest BCUT2D eigenvalue weighted by molar-refractivity contribution is 7.90. The number of nitrogens with one attached hydrogen (secondary N) is 1. The van der Waals surface area contributed by atoms with E-state index in [-0.39, 0.29) is 23.9 Å². The van der Waals surface area contributed by atoms with Crippen molar-refractivity contribution in [1.29, 1.82) is 0 Å². The SMILES string of the molecule is CCCCC1NC(C(C)C)N(CCCS(C)(=O)=O)C1=O. The van der Waals surface area contributed by atoms with E-state index in [9.17, 15) is 13.2 Å². The molecule has 0 aliphatic carbocycles. The first kappa shape index (κ1) is 17.4. The minimum atomic E-state index is -2.96. The molecule has 0 aromatic rings. The average Bonchev–Trinajstić information content (AvgIpc) is 2.63. The maximum absolute atomic E-state index is 12.4. The van der Waals surface area contributed by atoms with E-state index < -0.39 is 9.84 Å². The number of rotatable bonds is 8. The Morgan fingerprint density at radius 2 is 1.95 bits per heavy atom. The molecule has 20 heavy (non-hydrogen) atoms. The van der Waals surface area contributed by atoms with Gasteiger partial charge in [-0.25, -0.2) is 8.42 Å². The van der Waals surface area contributed by atoms with Crippen molar-refractivity contribution in [2.45, 2.75) is 58.7 Å². The van der Waals surface area contributed by atoms with E-state index in [0.29, 0.717) is 18.9 Å². The molecule has 118 valence electrons. The van der Waals surface area contributed by atoms with Gasteiger partial charge in [-0.15, -0.1) is 0 Å². The molecule has 1 aliphatic heterocycles. The largest absolute Gasteiger partial charge is 0.325 e. The smallest absolute Gasteiger partial charge is 0.241 e. The van der Waals surface area contributed by atoms with Crippen LogP contribution in [0, 0.1) is 5.92 Å². The van der Waals surface area contributed by atoms with Crippen LogP contribution in [-0.4, -0.2) is 50.0 Å². The molecule has 6 heteroatoms. The van der Waals surface area contributed by atoms with E-state index in [0.717, 1.165) is 19.3 Å². The first-order valence-electron chi connectivity index (χ1n) is 7.50. The average molecular weight is 304 g/mol. The van der Waals surface area contributed by atoms with Crippen LogP contribution in [-0.2, 0) is 14.6 Å². The number of hydrogen-bond acceptors (Lipinski definition) is 4. The molecule has 0 radical (unpaired) electrons. The molecule has 1 amide bonds. The van der Waals surface area contributed by atoms with Crippen molar-refractivity contribution in [1.82, 2.24) is 10.2 Å². The molecule has 0 saturated carbocycles. The monoisotopic (exact) mass is 304 g/mol. The molecule has 1 rings (SSSR count). The number of amides is 1. The zero-order valence-electron chi connectivity index (χ0n) is 13.1. The van der Waals surface area contributed by atoms with Crippen molar-refractivity contribution >= 4 is 15.7 Å². The van der Waals surface area contributed by atoms with Gasteiger partial charge < -0.3 is 4.90 Å². The number of sulfone groups is 1. The predicted molar refractivity (Wildman–Crippen MR) is 81.1 cm³/mol. The summed E-state index contributed by atoms with van der Waals surface area (Å²) in [5, 5.41) is 3.40. The minimum Gasteiger partial charge on any atom is -0.325 e. The third kappa shape index (κ3) is 5.05. The molecule has 1 saturated heterocycles. The fraction of sp³-hybridized carbons (Fsp3) is 0.929. The zero-order chi connectivity index (χ0) is 15.3. The summed E-state index contributed by atoms with van der Waals surface area (Å²) >= 11 is 0. The van der Waals surface area contributed by atoms with Crippen LogP contribution in [0.1, 0.15) is 46.5 Å². The van der Waals surface area contributed by atoms with Crippen molar-refractivity contribution in [2.24, 2.45) is 5.92 Å². The van der Waals surface area contributed by atoms with Crippen molar-refractivity contribution in [3.05, 3.63) is 0 Å². The van der Waals surface area contributed by atoms with Crippen LogP contribution < -0.4 is 5.32 Å². The van der Waals surface area contributed by atoms with Gasteiger partial charge in [0.05, 0.1) is 18.0 Å². The van der Waals surface area contributed by atoms with Crippen LogP contribution in [0.5, 0.6) is 0 Å². The van der Waals surface area contributed by atoms with Crippen LogP contribution in [0.25, 0.3) is 0 Å². The minimum absolute atomic E-state index is 0.0314. The quantitative estimate of drug-likeness (QED) is 0.736. The second-order valence-electron chi connectivity index (χ2n) is 6.07. The molecule has 2 unspecified atom stereocenters. The van der Waals surface area contributed by atoms with E-state index in [4.69, 9.17) is 0 Å². The third-order valence-corrected chi connectivity index (χ3v) is 4.71. The Morgan fingerprint density at radius 1 is 1.30 bits per heavy atom. The standard InChI is InChI=1S/C14H28N2O3S/c1-5-6-8-12-14(17)16(13(15-12)11(2)3)9-7-10-20(4,18)19/h11-13,15H,5-10H2,1-4H3. The van der Waals surface area contributed by atoms with Gasteiger partial charge in [-0.1, -0.05) is 33.6 Å². The number of hydrogen-bond donors (Lipinski definition) is 1. The molecule has 1 N–H and O–H groups in total. The van der Waals surface area contributed by atoms with Crippen LogP contribution in [0.3, 0.4) is 0 Å². The van der Waals surface area contributed by atoms with Gasteiger partial charge in [0.2, 0.25) is 5.91 Å². The Morgan fingerprint density at radius 3 is 2.45 bits per heavy atom. The highest BCUT2D eigenvalue weighted by Crippen LogP contribution is 2.20. The van der Waals surface area contributed by atoms with E-state index >= 15 is 0 Å². The number of carbonyl (C=O) groups is 1. The third-order valence-electron chi connectivity index (χ3n) is 3.68. The number of nitrogens with zero attached hydrogens (tertiary/aromatic N) is 1. The summed E-state index contributed by atoms with van der Waals surface area (Å²) in [4.78, 5) is 14.2. The van der Waals surface area contributed by atoms with Crippen LogP contribution in [0.2, 0.25) is 0 Å². The van der Waals surface area contributed by atoms with Crippen molar-refractivity contribution in [2.75, 3.05) is 18.6 Å². The van der Waals surface area contributed by atoms with Gasteiger partial charge >= 0.3 is 0 Å². The first-order chi connectivity index (χ1) is 9.26. The molecule has 0 aromatic heterocycles. The van der Waals surface area contributed by atoms with E-state index in [1.807, 2.05) is 4.90 Å². The maximum atomic E-state index is 12.4. The van der Waals surface area contributed by atoms with Gasteiger partial charge in [-0.3, -0.25) is 10.1 Å². The lowest BCUT2D eigenvalue weighted by molar-refractivity contribution is -0.130. The second kappa shape index (κ2) is 7.41. The molecular weight excluding hydrogens is 276 g/mol. The maximum Gasteiger partial charge on any atom is 0.241 e. The molecule has 1 fully saturated rings. The molecule has 5 nitrogen and oxygen atoms in total. The zero-order valence-corrected chi connectivity index (χ0v) is 13.9. The lowest BCUT2D eigenvalue weighted by atomic mass is 10.1. The summed E-state index contributed by atoms with van der Waals surface area (Å²) in [5.74, 6) is 0.593. The molecule has 2 atom stereocenters. The summed E-state index contributed by atoms with van der Waals surface area (Å²) in [6.07, 6.45) is 4.75. The van der Waals surface area contributed by atoms with Crippen LogP contribution >= 0.6 is 0 Å². The molecule has 0 spiro atoms. The van der Waals surface area contributed by atoms with Crippen molar-refractivity contribution in [3.63, 3.8) is 0 Å². The highest BCUT2D eigenvalue weighted by Gasteiger charge is 2.39. The van der Waals surface area contributed by atoms with Gasteiger partial charge in [0.25, 0.3) is 0 Å². The summed E-state index contributed by atoms with van der Waals surface area (Å²) in [6.45, 7) is 6.79. The van der Waals surface area contributed by atoms with Crippen LogP contribution in [0.4, 0.5) is 0 Å². The lowest BCUT2D eigenvalue weighted by Gasteiger charge is -2.27. The number of carbonyl (C=O) groups excluding carboxylic acids is 1. The molecule has 0 aromatic carbocycles. The lowest BCUT2D eigenvalue weighted by Crippen LogP contribution is -2.42. The van der Waals surface area contributed by atoms with Crippen LogP contribution in [0.15, 0.2) is 0 Å². The fourth-order valence-electron chi connectivity index (χ4n) is 2.62. The Kier molecular flexibility index (Phi) is 6.45. The molecule has 1 aliphatic rings. The summed E-state index contributed by atoms with van der Waals surface area (Å²) in [5.41, 5.74) is 0. The normalized spacial score (nSPS) is 23.9. The van der Waals surface area contributed by atoms with Gasteiger partial charge in [-0.2, -0.15) is 0 Å². The first-order valence-corrected chi connectivity index (χ1v) is 9.56. The molecular formula is C14H28N2O3S. The Labute approximate surface area is 123 Å². The van der Waals surface area contributed by atoms with Gasteiger partial charge in [0, 0.05) is 12.8 Å². The summed E-state index contributed by atoms with van der Waals surface area (Å²) in [6, 6.07) is -0.0967. The summed E-state index contributed by atoms with van der Waals surface area (Å²) in [7, 11) is -2.96. The highest BCUT2D eigenvalue weighted by atomic mass is 32.2. The van der Waals surface area contributed by atoms with Crippen molar-refractivity contribution < 1.29 is 13.2 Å². The Balaban J connectivity index is 2.62. The van der Waals surface area contributed by atoms with Gasteiger partial charge in [0.1, 0.15) is 9.84 Å². The Bertz CT molecular complexity index is 420. The topological polar surface area (TPSA) is 66.5 Å². The molecule has 0 bridgehead atoms. The van der Waals surface area contributed by atoms with Gasteiger partial charge in [-0.05, 0) is 18.8 Å². The molecule has 1 heterocycles. The summed E-state index contributed by atoms with van der Waals surface area (Å²) < 4.78 is 22.4. The Hall–Kier alpha value is -0.620. The van der Waals surface area contributed by atoms with E-state index in [2.05, 4.69) is 26.1 Å². The van der Waals surface area contributed by atoms with Crippen molar-refractivity contribution in [3.8, 4) is 0 Å². The second-order valence-corrected chi connectivity index (χ2v) is 8.33. The van der Waals surface area contributed by atoms with E-state index in [1.54, 1.807) is 0 Å². The van der Waals surface area contributed by atoms with Gasteiger partial charge in [0.15, 0.2) is 0 Å². The predicted octanol–water partition coefficient (Wildman–Crippen LogP) is 1.39. The fourth-order valence-corrected chi connectivity index (χ4v) is 3.27. The number of unbranched alkanes of at least 4 members (excludes halogenated alkanes) is 1. The van der Waals surface area contributed by atoms with E-state index in [1.165, 1.54) is 6.26 Å².